The van der Waals surface area contributed by atoms with Gasteiger partial charge in [-0.3, -0.25) is 0 Å². The van der Waals surface area contributed by atoms with E-state index < -0.39 is 0 Å². The van der Waals surface area contributed by atoms with E-state index >= 15 is 0 Å². The van der Waals surface area contributed by atoms with Crippen LogP contribution in [-0.2, 0) is 0 Å². The van der Waals surface area contributed by atoms with Gasteiger partial charge in [-0.25, -0.2) is 0 Å². The zero-order valence-electron chi connectivity index (χ0n) is 8.22. The first-order valence-corrected chi connectivity index (χ1v) is 4.96. The Morgan fingerprint density at radius 2 is 2.08 bits per heavy atom. The molecule has 0 spiro atoms. The molecule has 0 amide bonds. The van der Waals surface area contributed by atoms with E-state index in [0.717, 1.165) is 5.57 Å². The second kappa shape index (κ2) is 5.97. The molecule has 0 aliphatic carbocycles. The number of rotatable bonds is 3. The largest absolute Gasteiger partial charge is 0.127 e. The van der Waals surface area contributed by atoms with Crippen LogP contribution in [0.5, 0.6) is 0 Å². The standard InChI is InChI=1S/C11H16S/c1-6-8-11(7-2)10(5)12-9(3)4/h2,6,8-9H,1,3-5H3/b8-6-,11-10+. The lowest BCUT2D eigenvalue weighted by molar-refractivity contribution is 1.12. The first-order chi connectivity index (χ1) is 5.61. The number of hydrogen-bond acceptors (Lipinski definition) is 1. The molecule has 66 valence electrons. The molecule has 0 aromatic heterocycles. The summed E-state index contributed by atoms with van der Waals surface area (Å²) in [6.45, 7) is 8.38. The Balaban J connectivity index is 4.52. The van der Waals surface area contributed by atoms with E-state index in [1.54, 1.807) is 0 Å². The summed E-state index contributed by atoms with van der Waals surface area (Å²) in [5.74, 6) is 2.68. The Morgan fingerprint density at radius 1 is 1.50 bits per heavy atom. The highest BCUT2D eigenvalue weighted by molar-refractivity contribution is 8.03. The van der Waals surface area contributed by atoms with Gasteiger partial charge < -0.3 is 0 Å². The number of allylic oxidation sites excluding steroid dienone is 4. The molecule has 0 N–H and O–H groups in total. The van der Waals surface area contributed by atoms with Gasteiger partial charge in [-0.05, 0) is 18.8 Å². The van der Waals surface area contributed by atoms with Crippen molar-refractivity contribution in [3.63, 3.8) is 0 Å². The minimum absolute atomic E-state index is 0.596. The van der Waals surface area contributed by atoms with Gasteiger partial charge in [0, 0.05) is 10.8 Å². The fraction of sp³-hybridized carbons (Fsp3) is 0.455. The van der Waals surface area contributed by atoms with Gasteiger partial charge in [0.2, 0.25) is 0 Å². The topological polar surface area (TPSA) is 0 Å². The SMILES string of the molecule is C#CC(/C=C\C)=C(/C)SC(C)C. The summed E-state index contributed by atoms with van der Waals surface area (Å²) < 4.78 is 0. The first kappa shape index (κ1) is 11.4. The lowest BCUT2D eigenvalue weighted by Gasteiger charge is -2.05. The molecule has 0 bridgehead atoms. The lowest BCUT2D eigenvalue weighted by Crippen LogP contribution is -1.87. The maximum absolute atomic E-state index is 5.36. The molecule has 0 atom stereocenters. The number of hydrogen-bond donors (Lipinski definition) is 0. The first-order valence-electron chi connectivity index (χ1n) is 4.08. The Bertz CT molecular complexity index is 226. The van der Waals surface area contributed by atoms with Crippen molar-refractivity contribution in [1.29, 1.82) is 0 Å². The van der Waals surface area contributed by atoms with Crippen LogP contribution in [-0.4, -0.2) is 5.25 Å². The van der Waals surface area contributed by atoms with E-state index in [-0.39, 0.29) is 0 Å². The Morgan fingerprint density at radius 3 is 2.42 bits per heavy atom. The van der Waals surface area contributed by atoms with Crippen molar-refractivity contribution >= 4 is 11.8 Å². The molecule has 12 heavy (non-hydrogen) atoms. The smallest absolute Gasteiger partial charge is 0.0331 e. The summed E-state index contributed by atoms with van der Waals surface area (Å²) >= 11 is 1.81. The van der Waals surface area contributed by atoms with Gasteiger partial charge >= 0.3 is 0 Å². The van der Waals surface area contributed by atoms with E-state index in [1.165, 1.54) is 4.91 Å². The Kier molecular flexibility index (Phi) is 5.66. The maximum atomic E-state index is 5.36. The lowest BCUT2D eigenvalue weighted by atomic mass is 10.2. The van der Waals surface area contributed by atoms with Gasteiger partial charge in [0.1, 0.15) is 0 Å². The minimum Gasteiger partial charge on any atom is -0.127 e. The second-order valence-electron chi connectivity index (χ2n) is 2.78. The average molecular weight is 180 g/mol. The van der Waals surface area contributed by atoms with E-state index in [2.05, 4.69) is 26.7 Å². The van der Waals surface area contributed by atoms with Crippen molar-refractivity contribution < 1.29 is 0 Å². The molecular formula is C11H16S. The van der Waals surface area contributed by atoms with Gasteiger partial charge in [-0.15, -0.1) is 18.2 Å². The van der Waals surface area contributed by atoms with Crippen molar-refractivity contribution in [3.05, 3.63) is 22.6 Å². The fourth-order valence-corrected chi connectivity index (χ4v) is 1.81. The summed E-state index contributed by atoms with van der Waals surface area (Å²) in [6, 6.07) is 0. The molecule has 0 saturated carbocycles. The zero-order valence-corrected chi connectivity index (χ0v) is 9.03. The number of thioether (sulfide) groups is 1. The van der Waals surface area contributed by atoms with E-state index in [1.807, 2.05) is 30.8 Å². The van der Waals surface area contributed by atoms with Gasteiger partial charge in [0.15, 0.2) is 0 Å². The zero-order chi connectivity index (χ0) is 9.56. The van der Waals surface area contributed by atoms with Crippen molar-refractivity contribution in [2.24, 2.45) is 0 Å². The quantitative estimate of drug-likeness (QED) is 0.472. The molecular weight excluding hydrogens is 164 g/mol. The predicted octanol–water partition coefficient (Wildman–Crippen LogP) is 3.61. The summed E-state index contributed by atoms with van der Waals surface area (Å²) in [5, 5.41) is 0.596. The monoisotopic (exact) mass is 180 g/mol. The highest BCUT2D eigenvalue weighted by Crippen LogP contribution is 2.23. The third kappa shape index (κ3) is 4.31. The molecule has 1 heteroatoms. The van der Waals surface area contributed by atoms with E-state index in [0.29, 0.717) is 5.25 Å². The van der Waals surface area contributed by atoms with Crippen molar-refractivity contribution in [3.8, 4) is 12.3 Å². The van der Waals surface area contributed by atoms with Gasteiger partial charge in [0.05, 0.1) is 0 Å². The minimum atomic E-state index is 0.596. The molecule has 0 saturated heterocycles. The molecule has 0 aliphatic rings. The van der Waals surface area contributed by atoms with Crippen molar-refractivity contribution in [2.75, 3.05) is 0 Å². The third-order valence-corrected chi connectivity index (χ3v) is 2.33. The highest BCUT2D eigenvalue weighted by atomic mass is 32.2. The molecule has 0 radical (unpaired) electrons. The molecule has 0 aromatic carbocycles. The molecule has 0 aliphatic heterocycles. The van der Waals surface area contributed by atoms with Crippen LogP contribution < -0.4 is 0 Å². The molecule has 0 rings (SSSR count). The van der Waals surface area contributed by atoms with Gasteiger partial charge in [0.25, 0.3) is 0 Å². The highest BCUT2D eigenvalue weighted by Gasteiger charge is 1.99. The molecule has 0 nitrogen and oxygen atoms in total. The van der Waals surface area contributed by atoms with Crippen LogP contribution in [0.3, 0.4) is 0 Å². The normalized spacial score (nSPS) is 13.3. The molecule has 0 aromatic rings. The summed E-state index contributed by atoms with van der Waals surface area (Å²) in [5.41, 5.74) is 0.996. The Hall–Kier alpha value is -0.610. The fourth-order valence-electron chi connectivity index (χ4n) is 0.851. The van der Waals surface area contributed by atoms with Crippen LogP contribution in [0.2, 0.25) is 0 Å². The average Bonchev–Trinajstić information content (AvgIpc) is 1.98. The van der Waals surface area contributed by atoms with Crippen LogP contribution in [0.4, 0.5) is 0 Å². The van der Waals surface area contributed by atoms with Crippen LogP contribution in [0, 0.1) is 12.3 Å². The van der Waals surface area contributed by atoms with Crippen molar-refractivity contribution in [1.82, 2.24) is 0 Å². The van der Waals surface area contributed by atoms with Crippen LogP contribution in [0.15, 0.2) is 22.6 Å². The summed E-state index contributed by atoms with van der Waals surface area (Å²) in [6.07, 6.45) is 9.31. The molecule has 0 fully saturated rings. The number of terminal acetylenes is 1. The maximum Gasteiger partial charge on any atom is 0.0331 e. The van der Waals surface area contributed by atoms with Gasteiger partial charge in [-0.2, -0.15) is 0 Å². The molecule has 0 heterocycles. The second-order valence-corrected chi connectivity index (χ2v) is 4.57. The van der Waals surface area contributed by atoms with Crippen LogP contribution in [0.1, 0.15) is 27.7 Å². The van der Waals surface area contributed by atoms with Crippen LogP contribution >= 0.6 is 11.8 Å². The van der Waals surface area contributed by atoms with Gasteiger partial charge in [-0.1, -0.05) is 31.9 Å². The van der Waals surface area contributed by atoms with E-state index in [9.17, 15) is 0 Å². The molecule has 0 unspecified atom stereocenters. The predicted molar refractivity (Wildman–Crippen MR) is 59.1 cm³/mol. The van der Waals surface area contributed by atoms with Crippen molar-refractivity contribution in [2.45, 2.75) is 32.9 Å². The summed E-state index contributed by atoms with van der Waals surface area (Å²) in [4.78, 5) is 1.23. The third-order valence-electron chi connectivity index (χ3n) is 1.28. The summed E-state index contributed by atoms with van der Waals surface area (Å²) in [7, 11) is 0. The van der Waals surface area contributed by atoms with Crippen LogP contribution in [0.25, 0.3) is 0 Å². The Labute approximate surface area is 80.1 Å². The van der Waals surface area contributed by atoms with E-state index in [4.69, 9.17) is 6.42 Å².